The van der Waals surface area contributed by atoms with Crippen LogP contribution in [0.4, 0.5) is 13.2 Å². The molecular formula is C13H21F3O5SSi. The molecule has 5 nitrogen and oxygen atoms in total. The molecule has 134 valence electrons. The van der Waals surface area contributed by atoms with E-state index in [2.05, 4.69) is 4.18 Å². The lowest BCUT2D eigenvalue weighted by Gasteiger charge is -2.39. The Kier molecular flexibility index (Phi) is 4.46. The van der Waals surface area contributed by atoms with Crippen LogP contribution in [-0.2, 0) is 23.5 Å². The SMILES string of the molecule is CC(C)(C)[Si](C)(C)O[C@H]1C=C(OS(=O)(=O)C(F)(F)F)[C@H]2O[C@H]2C1. The number of halogens is 3. The van der Waals surface area contributed by atoms with Gasteiger partial charge < -0.3 is 13.3 Å². The predicted molar refractivity (Wildman–Crippen MR) is 79.5 cm³/mol. The lowest BCUT2D eigenvalue weighted by molar-refractivity contribution is -0.0525. The monoisotopic (exact) mass is 374 g/mol. The maximum atomic E-state index is 12.4. The van der Waals surface area contributed by atoms with E-state index in [1.165, 1.54) is 6.08 Å². The van der Waals surface area contributed by atoms with Crippen LogP contribution in [0, 0.1) is 0 Å². The highest BCUT2D eigenvalue weighted by Gasteiger charge is 2.55. The lowest BCUT2D eigenvalue weighted by atomic mass is 10.0. The van der Waals surface area contributed by atoms with E-state index in [1.807, 2.05) is 33.9 Å². The summed E-state index contributed by atoms with van der Waals surface area (Å²) in [5.74, 6) is -0.331. The predicted octanol–water partition coefficient (Wildman–Crippen LogP) is 3.30. The quantitative estimate of drug-likeness (QED) is 0.327. The van der Waals surface area contributed by atoms with Crippen LogP contribution in [0.2, 0.25) is 18.1 Å². The standard InChI is InChI=1S/C13H21F3O5SSi/c1-12(2,3)23(4,5)21-8-6-9-11(19-9)10(7-8)20-22(17,18)13(14,15)16/h7-9,11H,6H2,1-5H3/t8-,9+,11+/m1/s1. The van der Waals surface area contributed by atoms with Crippen molar-refractivity contribution >= 4 is 18.4 Å². The summed E-state index contributed by atoms with van der Waals surface area (Å²) in [6.45, 7) is 10.1. The highest BCUT2D eigenvalue weighted by molar-refractivity contribution is 7.87. The van der Waals surface area contributed by atoms with E-state index in [1.54, 1.807) is 0 Å². The first kappa shape index (κ1) is 18.8. The van der Waals surface area contributed by atoms with Crippen LogP contribution >= 0.6 is 0 Å². The molecule has 1 aliphatic carbocycles. The average Bonchev–Trinajstić information content (AvgIpc) is 3.03. The molecule has 0 spiro atoms. The van der Waals surface area contributed by atoms with E-state index in [9.17, 15) is 21.6 Å². The molecule has 1 fully saturated rings. The second kappa shape index (κ2) is 5.47. The fourth-order valence-electron chi connectivity index (χ4n) is 2.03. The average molecular weight is 374 g/mol. The third-order valence-corrected chi connectivity index (χ3v) is 9.90. The zero-order valence-corrected chi connectivity index (χ0v) is 15.4. The van der Waals surface area contributed by atoms with Gasteiger partial charge >= 0.3 is 15.6 Å². The van der Waals surface area contributed by atoms with E-state index in [-0.39, 0.29) is 16.9 Å². The minimum absolute atomic E-state index is 0.0822. The third-order valence-electron chi connectivity index (χ3n) is 4.42. The first-order chi connectivity index (χ1) is 10.1. The molecule has 0 N–H and O–H groups in total. The molecule has 0 aromatic rings. The van der Waals surface area contributed by atoms with Crippen LogP contribution < -0.4 is 0 Å². The Bertz CT molecular complexity index is 606. The molecule has 1 aliphatic heterocycles. The van der Waals surface area contributed by atoms with Crippen molar-refractivity contribution < 1.29 is 34.9 Å². The number of hydrogen-bond acceptors (Lipinski definition) is 5. The minimum atomic E-state index is -5.69. The number of alkyl halides is 3. The number of epoxide rings is 1. The molecule has 3 atom stereocenters. The summed E-state index contributed by atoms with van der Waals surface area (Å²) in [6, 6.07) is 0. The van der Waals surface area contributed by atoms with E-state index in [0.717, 1.165) is 0 Å². The molecule has 0 bridgehead atoms. The van der Waals surface area contributed by atoms with Gasteiger partial charge in [0.25, 0.3) is 0 Å². The summed E-state index contributed by atoms with van der Waals surface area (Å²) in [7, 11) is -7.85. The molecule has 0 aromatic heterocycles. The molecule has 0 amide bonds. The number of ether oxygens (including phenoxy) is 1. The van der Waals surface area contributed by atoms with E-state index in [0.29, 0.717) is 6.42 Å². The fraction of sp³-hybridized carbons (Fsp3) is 0.846. The summed E-state index contributed by atoms with van der Waals surface area (Å²) in [5, 5.41) is -0.0822. The van der Waals surface area contributed by atoms with Gasteiger partial charge in [-0.15, -0.1) is 0 Å². The molecule has 1 heterocycles. The topological polar surface area (TPSA) is 65.1 Å². The highest BCUT2D eigenvalue weighted by atomic mass is 32.2. The molecule has 10 heteroatoms. The van der Waals surface area contributed by atoms with Crippen molar-refractivity contribution in [1.29, 1.82) is 0 Å². The van der Waals surface area contributed by atoms with Crippen LogP contribution in [0.3, 0.4) is 0 Å². The maximum absolute atomic E-state index is 12.4. The number of fused-ring (bicyclic) bond motifs is 1. The van der Waals surface area contributed by atoms with Crippen molar-refractivity contribution in [2.24, 2.45) is 0 Å². The van der Waals surface area contributed by atoms with Gasteiger partial charge in [-0.25, -0.2) is 0 Å². The van der Waals surface area contributed by atoms with Crippen LogP contribution in [0.1, 0.15) is 27.2 Å². The molecule has 2 aliphatic rings. The first-order valence-electron chi connectivity index (χ1n) is 7.20. The van der Waals surface area contributed by atoms with Crippen LogP contribution in [0.15, 0.2) is 11.8 Å². The van der Waals surface area contributed by atoms with Gasteiger partial charge in [0.2, 0.25) is 0 Å². The zero-order chi connectivity index (χ0) is 17.8. The van der Waals surface area contributed by atoms with Gasteiger partial charge in [-0.2, -0.15) is 21.6 Å². The van der Waals surface area contributed by atoms with Gasteiger partial charge in [0.1, 0.15) is 11.9 Å². The second-order valence-corrected chi connectivity index (χ2v) is 13.6. The van der Waals surface area contributed by atoms with Crippen molar-refractivity contribution in [3.63, 3.8) is 0 Å². The normalized spacial score (nSPS) is 28.9. The molecule has 23 heavy (non-hydrogen) atoms. The van der Waals surface area contributed by atoms with Crippen molar-refractivity contribution in [2.75, 3.05) is 0 Å². The van der Waals surface area contributed by atoms with Gasteiger partial charge in [-0.05, 0) is 24.2 Å². The van der Waals surface area contributed by atoms with Crippen molar-refractivity contribution in [2.45, 2.75) is 69.1 Å². The molecule has 1 saturated heterocycles. The van der Waals surface area contributed by atoms with Crippen molar-refractivity contribution in [3.05, 3.63) is 11.8 Å². The maximum Gasteiger partial charge on any atom is 0.534 e. The highest BCUT2D eigenvalue weighted by Crippen LogP contribution is 2.44. The van der Waals surface area contributed by atoms with Crippen molar-refractivity contribution in [1.82, 2.24) is 0 Å². The van der Waals surface area contributed by atoms with Gasteiger partial charge in [0.15, 0.2) is 8.32 Å². The summed E-state index contributed by atoms with van der Waals surface area (Å²) < 4.78 is 75.2. The minimum Gasteiger partial charge on any atom is -0.410 e. The third kappa shape index (κ3) is 3.91. The summed E-state index contributed by atoms with van der Waals surface area (Å²) >= 11 is 0. The van der Waals surface area contributed by atoms with E-state index in [4.69, 9.17) is 9.16 Å². The van der Waals surface area contributed by atoms with Crippen molar-refractivity contribution in [3.8, 4) is 0 Å². The van der Waals surface area contributed by atoms with Crippen LogP contribution in [-0.4, -0.2) is 40.6 Å². The first-order valence-corrected chi connectivity index (χ1v) is 11.5. The molecule has 2 rings (SSSR count). The van der Waals surface area contributed by atoms with E-state index >= 15 is 0 Å². The van der Waals surface area contributed by atoms with Gasteiger partial charge in [0.05, 0.1) is 12.2 Å². The Morgan fingerprint density at radius 2 is 1.83 bits per heavy atom. The summed E-state index contributed by atoms with van der Waals surface area (Å²) in [5.41, 5.74) is -5.47. The second-order valence-electron chi connectivity index (χ2n) is 7.30. The Hall–Kier alpha value is -0.583. The molecule has 0 aromatic carbocycles. The van der Waals surface area contributed by atoms with Gasteiger partial charge in [-0.3, -0.25) is 0 Å². The Labute approximate surface area is 135 Å². The molecule has 0 radical (unpaired) electrons. The smallest absolute Gasteiger partial charge is 0.410 e. The largest absolute Gasteiger partial charge is 0.534 e. The Morgan fingerprint density at radius 1 is 1.26 bits per heavy atom. The van der Waals surface area contributed by atoms with Crippen LogP contribution in [0.5, 0.6) is 0 Å². The molecule has 0 unspecified atom stereocenters. The molecular weight excluding hydrogens is 353 g/mol. The number of hydrogen-bond donors (Lipinski definition) is 0. The Morgan fingerprint density at radius 3 is 2.30 bits per heavy atom. The summed E-state index contributed by atoms with van der Waals surface area (Å²) in [4.78, 5) is 0. The molecule has 0 saturated carbocycles. The van der Waals surface area contributed by atoms with Crippen LogP contribution in [0.25, 0.3) is 0 Å². The summed E-state index contributed by atoms with van der Waals surface area (Å²) in [6.07, 6.45) is 0.186. The fourth-order valence-corrected chi connectivity index (χ4v) is 3.81. The zero-order valence-electron chi connectivity index (χ0n) is 13.6. The van der Waals surface area contributed by atoms with Gasteiger partial charge in [-0.1, -0.05) is 20.8 Å². The van der Waals surface area contributed by atoms with Gasteiger partial charge in [0, 0.05) is 6.42 Å². The Balaban J connectivity index is 2.17. The number of rotatable bonds is 4. The van der Waals surface area contributed by atoms with E-state index < -0.39 is 36.2 Å². The lowest BCUT2D eigenvalue weighted by Crippen LogP contribution is -2.44.